The lowest BCUT2D eigenvalue weighted by atomic mass is 10.0. The fourth-order valence-electron chi connectivity index (χ4n) is 2.79. The van der Waals surface area contributed by atoms with E-state index in [0.717, 1.165) is 6.54 Å². The molecule has 0 spiro atoms. The van der Waals surface area contributed by atoms with Gasteiger partial charge in [0.15, 0.2) is 0 Å². The third-order valence-electron chi connectivity index (χ3n) is 4.00. The van der Waals surface area contributed by atoms with Crippen LogP contribution in [0.5, 0.6) is 0 Å². The molecule has 92 valence electrons. The Labute approximate surface area is 102 Å². The van der Waals surface area contributed by atoms with Crippen LogP contribution in [0.3, 0.4) is 0 Å². The molecule has 3 nitrogen and oxygen atoms in total. The van der Waals surface area contributed by atoms with Crippen molar-refractivity contribution in [1.29, 1.82) is 0 Å². The molecule has 1 aromatic carbocycles. The molecular formula is C14H19NO2. The lowest BCUT2D eigenvalue weighted by molar-refractivity contribution is 0.0600. The molecule has 2 atom stereocenters. The van der Waals surface area contributed by atoms with Crippen LogP contribution in [0, 0.1) is 11.3 Å². The maximum Gasteiger partial charge on any atom is 0.337 e. The highest BCUT2D eigenvalue weighted by atomic mass is 16.5. The lowest BCUT2D eigenvalue weighted by Crippen LogP contribution is -2.05. The first-order valence-corrected chi connectivity index (χ1v) is 5.90. The van der Waals surface area contributed by atoms with Crippen molar-refractivity contribution in [3.05, 3.63) is 35.4 Å². The minimum absolute atomic E-state index is 0.279. The number of benzene rings is 1. The smallest absolute Gasteiger partial charge is 0.337 e. The van der Waals surface area contributed by atoms with E-state index in [0.29, 0.717) is 17.4 Å². The standard InChI is InChI=1S/C14H19NO2/c1-14(2)11(8-15)12(14)9-4-6-10(7-5-9)13(16)17-3/h4-7,11-12H,8,15H2,1-3H3/t11-,12-/m0/s1. The van der Waals surface area contributed by atoms with Gasteiger partial charge in [0.1, 0.15) is 0 Å². The Kier molecular flexibility index (Phi) is 2.96. The zero-order chi connectivity index (χ0) is 12.6. The van der Waals surface area contributed by atoms with E-state index in [1.807, 2.05) is 24.3 Å². The molecule has 0 aromatic heterocycles. The van der Waals surface area contributed by atoms with Crippen molar-refractivity contribution in [2.45, 2.75) is 19.8 Å². The van der Waals surface area contributed by atoms with Gasteiger partial charge in [-0.3, -0.25) is 0 Å². The summed E-state index contributed by atoms with van der Waals surface area (Å²) in [5.41, 5.74) is 7.90. The van der Waals surface area contributed by atoms with Gasteiger partial charge in [0.05, 0.1) is 12.7 Å². The van der Waals surface area contributed by atoms with E-state index in [2.05, 4.69) is 18.6 Å². The summed E-state index contributed by atoms with van der Waals surface area (Å²) in [6, 6.07) is 7.66. The summed E-state index contributed by atoms with van der Waals surface area (Å²) in [4.78, 5) is 11.3. The van der Waals surface area contributed by atoms with Crippen molar-refractivity contribution >= 4 is 5.97 Å². The van der Waals surface area contributed by atoms with Crippen LogP contribution in [-0.4, -0.2) is 19.6 Å². The van der Waals surface area contributed by atoms with Gasteiger partial charge < -0.3 is 10.5 Å². The molecule has 1 aliphatic carbocycles. The summed E-state index contributed by atoms with van der Waals surface area (Å²) in [5.74, 6) is 0.771. The highest BCUT2D eigenvalue weighted by Crippen LogP contribution is 2.63. The molecule has 3 heteroatoms. The molecule has 0 saturated heterocycles. The first-order chi connectivity index (χ1) is 8.02. The summed E-state index contributed by atoms with van der Waals surface area (Å²) < 4.78 is 4.68. The van der Waals surface area contributed by atoms with Gasteiger partial charge >= 0.3 is 5.97 Å². The van der Waals surface area contributed by atoms with Gasteiger partial charge in [0.2, 0.25) is 0 Å². The largest absolute Gasteiger partial charge is 0.465 e. The Morgan fingerprint density at radius 1 is 1.35 bits per heavy atom. The van der Waals surface area contributed by atoms with Crippen LogP contribution in [0.25, 0.3) is 0 Å². The van der Waals surface area contributed by atoms with Crippen molar-refractivity contribution in [2.75, 3.05) is 13.7 Å². The second-order valence-corrected chi connectivity index (χ2v) is 5.25. The maximum atomic E-state index is 11.3. The van der Waals surface area contributed by atoms with Crippen LogP contribution in [0.4, 0.5) is 0 Å². The van der Waals surface area contributed by atoms with Crippen molar-refractivity contribution in [1.82, 2.24) is 0 Å². The molecule has 17 heavy (non-hydrogen) atoms. The molecule has 0 aliphatic heterocycles. The number of rotatable bonds is 3. The van der Waals surface area contributed by atoms with E-state index >= 15 is 0 Å². The highest BCUT2D eigenvalue weighted by Gasteiger charge is 2.57. The molecule has 1 aromatic rings. The van der Waals surface area contributed by atoms with Gasteiger partial charge in [0.25, 0.3) is 0 Å². The zero-order valence-corrected chi connectivity index (χ0v) is 10.6. The molecule has 0 bridgehead atoms. The Morgan fingerprint density at radius 3 is 2.35 bits per heavy atom. The number of carbonyl (C=O) groups excluding carboxylic acids is 1. The predicted molar refractivity (Wildman–Crippen MR) is 66.8 cm³/mol. The SMILES string of the molecule is COC(=O)c1ccc([C@H]2[C@H](CN)C2(C)C)cc1. The third kappa shape index (κ3) is 1.95. The second-order valence-electron chi connectivity index (χ2n) is 5.25. The molecule has 1 fully saturated rings. The normalized spacial score (nSPS) is 25.4. The number of carbonyl (C=O) groups is 1. The molecular weight excluding hydrogens is 214 g/mol. The Hall–Kier alpha value is -1.35. The molecule has 0 unspecified atom stereocenters. The third-order valence-corrected chi connectivity index (χ3v) is 4.00. The van der Waals surface area contributed by atoms with Gasteiger partial charge in [-0.1, -0.05) is 26.0 Å². The van der Waals surface area contributed by atoms with Crippen LogP contribution in [-0.2, 0) is 4.74 Å². The first kappa shape index (κ1) is 12.1. The number of hydrogen-bond acceptors (Lipinski definition) is 3. The second kappa shape index (κ2) is 4.15. The van der Waals surface area contributed by atoms with Gasteiger partial charge in [-0.2, -0.15) is 0 Å². The topological polar surface area (TPSA) is 52.3 Å². The minimum atomic E-state index is -0.290. The van der Waals surface area contributed by atoms with E-state index in [-0.39, 0.29) is 11.4 Å². The fourth-order valence-corrected chi connectivity index (χ4v) is 2.79. The predicted octanol–water partition coefficient (Wildman–Crippen LogP) is 2.17. The van der Waals surface area contributed by atoms with Crippen molar-refractivity contribution in [3.63, 3.8) is 0 Å². The Balaban J connectivity index is 2.18. The zero-order valence-electron chi connectivity index (χ0n) is 10.6. The molecule has 0 heterocycles. The average Bonchev–Trinajstić information content (AvgIpc) is 2.90. The van der Waals surface area contributed by atoms with Gasteiger partial charge in [-0.25, -0.2) is 4.79 Å². The number of ether oxygens (including phenoxy) is 1. The van der Waals surface area contributed by atoms with Crippen LogP contribution < -0.4 is 5.73 Å². The van der Waals surface area contributed by atoms with Gasteiger partial charge in [-0.15, -0.1) is 0 Å². The van der Waals surface area contributed by atoms with Crippen molar-refractivity contribution in [3.8, 4) is 0 Å². The number of methoxy groups -OCH3 is 1. The average molecular weight is 233 g/mol. The summed E-state index contributed by atoms with van der Waals surface area (Å²) in [6.07, 6.45) is 0. The number of hydrogen-bond donors (Lipinski definition) is 1. The highest BCUT2D eigenvalue weighted by molar-refractivity contribution is 5.89. The molecule has 0 amide bonds. The minimum Gasteiger partial charge on any atom is -0.465 e. The van der Waals surface area contributed by atoms with Crippen LogP contribution >= 0.6 is 0 Å². The van der Waals surface area contributed by atoms with E-state index in [1.165, 1.54) is 12.7 Å². The van der Waals surface area contributed by atoms with Gasteiger partial charge in [0, 0.05) is 0 Å². The monoisotopic (exact) mass is 233 g/mol. The van der Waals surface area contributed by atoms with Crippen LogP contribution in [0.2, 0.25) is 0 Å². The van der Waals surface area contributed by atoms with E-state index in [9.17, 15) is 4.79 Å². The fraction of sp³-hybridized carbons (Fsp3) is 0.500. The summed E-state index contributed by atoms with van der Waals surface area (Å²) in [5, 5.41) is 0. The first-order valence-electron chi connectivity index (χ1n) is 5.90. The summed E-state index contributed by atoms with van der Waals surface area (Å²) in [6.45, 7) is 5.20. The Bertz CT molecular complexity index is 422. The number of nitrogens with two attached hydrogens (primary N) is 1. The maximum absolute atomic E-state index is 11.3. The van der Waals surface area contributed by atoms with E-state index in [1.54, 1.807) is 0 Å². The Morgan fingerprint density at radius 2 is 1.94 bits per heavy atom. The van der Waals surface area contributed by atoms with Gasteiger partial charge in [-0.05, 0) is 41.5 Å². The molecule has 0 radical (unpaired) electrons. The van der Waals surface area contributed by atoms with E-state index in [4.69, 9.17) is 5.73 Å². The quantitative estimate of drug-likeness (QED) is 0.814. The summed E-state index contributed by atoms with van der Waals surface area (Å²) >= 11 is 0. The van der Waals surface area contributed by atoms with Crippen molar-refractivity contribution < 1.29 is 9.53 Å². The molecule has 2 rings (SSSR count). The van der Waals surface area contributed by atoms with Crippen LogP contribution in [0.1, 0.15) is 35.7 Å². The van der Waals surface area contributed by atoms with E-state index < -0.39 is 0 Å². The summed E-state index contributed by atoms with van der Waals surface area (Å²) in [7, 11) is 1.39. The lowest BCUT2D eigenvalue weighted by Gasteiger charge is -2.04. The molecule has 2 N–H and O–H groups in total. The van der Waals surface area contributed by atoms with Crippen LogP contribution in [0.15, 0.2) is 24.3 Å². The molecule has 1 aliphatic rings. The molecule has 1 saturated carbocycles. The number of esters is 1. The van der Waals surface area contributed by atoms with Crippen molar-refractivity contribution in [2.24, 2.45) is 17.1 Å².